The first kappa shape index (κ1) is 15.9. The maximum Gasteiger partial charge on any atom is 0.244 e. The van der Waals surface area contributed by atoms with E-state index in [2.05, 4.69) is 12.2 Å². The molecule has 20 heavy (non-hydrogen) atoms. The largest absolute Gasteiger partial charge is 0.312 e. The Morgan fingerprint density at radius 2 is 2.20 bits per heavy atom. The molecular weight excluding hydrogens is 292 g/mol. The van der Waals surface area contributed by atoms with Crippen LogP contribution in [-0.4, -0.2) is 31.9 Å². The molecule has 114 valence electrons. The first-order valence-electron chi connectivity index (χ1n) is 7.25. The molecule has 0 amide bonds. The van der Waals surface area contributed by atoms with E-state index in [0.29, 0.717) is 23.9 Å². The summed E-state index contributed by atoms with van der Waals surface area (Å²) < 4.78 is 27.4. The standard InChI is InChI=1S/C14H24N2O2S2/c1-4-15-10-13-14(6-8-19-13)20(17,18)16-7-5-11(2)9-12(16)3/h6,8,11-12,15H,4-5,7,9-10H2,1-3H3. The minimum absolute atomic E-state index is 0.0932. The van der Waals surface area contributed by atoms with E-state index in [0.717, 1.165) is 24.3 Å². The lowest BCUT2D eigenvalue weighted by Gasteiger charge is -2.35. The topological polar surface area (TPSA) is 49.4 Å². The lowest BCUT2D eigenvalue weighted by molar-refractivity contribution is 0.220. The van der Waals surface area contributed by atoms with E-state index in [1.165, 1.54) is 11.3 Å². The summed E-state index contributed by atoms with van der Waals surface area (Å²) in [5.74, 6) is 0.611. The van der Waals surface area contributed by atoms with Crippen LogP contribution >= 0.6 is 11.3 Å². The summed E-state index contributed by atoms with van der Waals surface area (Å²) in [5.41, 5.74) is 0. The van der Waals surface area contributed by atoms with Gasteiger partial charge in [0.15, 0.2) is 0 Å². The maximum absolute atomic E-state index is 12.9. The second kappa shape index (κ2) is 6.56. The minimum Gasteiger partial charge on any atom is -0.312 e. The van der Waals surface area contributed by atoms with Crippen LogP contribution in [0.4, 0.5) is 0 Å². The average molecular weight is 316 g/mol. The van der Waals surface area contributed by atoms with Crippen molar-refractivity contribution in [3.63, 3.8) is 0 Å². The van der Waals surface area contributed by atoms with E-state index >= 15 is 0 Å². The van der Waals surface area contributed by atoms with Crippen molar-refractivity contribution in [1.29, 1.82) is 0 Å². The Morgan fingerprint density at radius 3 is 2.85 bits per heavy atom. The zero-order valence-electron chi connectivity index (χ0n) is 12.4. The Hall–Kier alpha value is -0.430. The summed E-state index contributed by atoms with van der Waals surface area (Å²) in [6.45, 7) is 8.35. The molecule has 1 aliphatic heterocycles. The number of sulfonamides is 1. The number of piperidine rings is 1. The highest BCUT2D eigenvalue weighted by Crippen LogP contribution is 2.31. The molecule has 1 aromatic rings. The fourth-order valence-electron chi connectivity index (χ4n) is 2.80. The molecule has 2 unspecified atom stereocenters. The van der Waals surface area contributed by atoms with Crippen LogP contribution < -0.4 is 5.32 Å². The zero-order valence-corrected chi connectivity index (χ0v) is 14.1. The number of thiophene rings is 1. The molecule has 1 fully saturated rings. The van der Waals surface area contributed by atoms with Gasteiger partial charge in [-0.25, -0.2) is 8.42 Å². The van der Waals surface area contributed by atoms with Gasteiger partial charge in [0, 0.05) is 24.0 Å². The molecule has 2 rings (SSSR count). The summed E-state index contributed by atoms with van der Waals surface area (Å²) in [4.78, 5) is 1.41. The third kappa shape index (κ3) is 3.24. The normalized spacial score (nSPS) is 24.9. The van der Waals surface area contributed by atoms with Crippen LogP contribution in [0, 0.1) is 5.92 Å². The predicted octanol–water partition coefficient (Wildman–Crippen LogP) is 2.67. The van der Waals surface area contributed by atoms with Gasteiger partial charge in [0.1, 0.15) is 0 Å². The molecule has 0 saturated carbocycles. The quantitative estimate of drug-likeness (QED) is 0.908. The highest BCUT2D eigenvalue weighted by Gasteiger charge is 2.34. The Morgan fingerprint density at radius 1 is 1.45 bits per heavy atom. The molecule has 0 aliphatic carbocycles. The maximum atomic E-state index is 12.9. The molecule has 6 heteroatoms. The molecule has 2 heterocycles. The summed E-state index contributed by atoms with van der Waals surface area (Å²) in [6, 6.07) is 1.84. The van der Waals surface area contributed by atoms with Gasteiger partial charge in [-0.3, -0.25) is 0 Å². The Labute approximate surface area is 126 Å². The molecule has 0 spiro atoms. The van der Waals surface area contributed by atoms with Crippen LogP contribution in [0.25, 0.3) is 0 Å². The second-order valence-electron chi connectivity index (χ2n) is 5.58. The molecule has 2 atom stereocenters. The van der Waals surface area contributed by atoms with Gasteiger partial charge in [-0.05, 0) is 43.7 Å². The first-order chi connectivity index (χ1) is 9.46. The number of nitrogens with zero attached hydrogens (tertiary/aromatic N) is 1. The zero-order chi connectivity index (χ0) is 14.8. The van der Waals surface area contributed by atoms with E-state index in [1.807, 2.05) is 19.2 Å². The predicted molar refractivity (Wildman–Crippen MR) is 83.5 cm³/mol. The monoisotopic (exact) mass is 316 g/mol. The van der Waals surface area contributed by atoms with E-state index in [4.69, 9.17) is 0 Å². The number of hydrogen-bond acceptors (Lipinski definition) is 4. The van der Waals surface area contributed by atoms with Crippen molar-refractivity contribution < 1.29 is 8.42 Å². The van der Waals surface area contributed by atoms with Gasteiger partial charge in [-0.15, -0.1) is 11.3 Å². The van der Waals surface area contributed by atoms with Gasteiger partial charge in [0.25, 0.3) is 0 Å². The van der Waals surface area contributed by atoms with Crippen LogP contribution in [0.2, 0.25) is 0 Å². The highest BCUT2D eigenvalue weighted by molar-refractivity contribution is 7.89. The van der Waals surface area contributed by atoms with Crippen molar-refractivity contribution in [2.24, 2.45) is 5.92 Å². The van der Waals surface area contributed by atoms with Crippen LogP contribution in [0.15, 0.2) is 16.3 Å². The lowest BCUT2D eigenvalue weighted by Crippen LogP contribution is -2.44. The summed E-state index contributed by atoms with van der Waals surface area (Å²) >= 11 is 1.51. The number of nitrogens with one attached hydrogen (secondary N) is 1. The van der Waals surface area contributed by atoms with E-state index in [1.54, 1.807) is 10.4 Å². The molecule has 1 saturated heterocycles. The minimum atomic E-state index is -3.35. The van der Waals surface area contributed by atoms with Crippen LogP contribution in [-0.2, 0) is 16.6 Å². The first-order valence-corrected chi connectivity index (χ1v) is 9.57. The van der Waals surface area contributed by atoms with Crippen LogP contribution in [0.1, 0.15) is 38.5 Å². The van der Waals surface area contributed by atoms with E-state index in [-0.39, 0.29) is 6.04 Å². The summed E-state index contributed by atoms with van der Waals surface area (Å²) in [5, 5.41) is 5.08. The molecule has 1 aromatic heterocycles. The highest BCUT2D eigenvalue weighted by atomic mass is 32.2. The van der Waals surface area contributed by atoms with Crippen molar-refractivity contribution in [3.05, 3.63) is 16.3 Å². The Balaban J connectivity index is 2.24. The second-order valence-corrected chi connectivity index (χ2v) is 8.44. The van der Waals surface area contributed by atoms with E-state index in [9.17, 15) is 8.42 Å². The van der Waals surface area contributed by atoms with Gasteiger partial charge in [-0.1, -0.05) is 13.8 Å². The molecular formula is C14H24N2O2S2. The average Bonchev–Trinajstić information content (AvgIpc) is 2.84. The number of hydrogen-bond donors (Lipinski definition) is 1. The molecule has 4 nitrogen and oxygen atoms in total. The summed E-state index contributed by atoms with van der Waals surface area (Å²) in [6.07, 6.45) is 1.90. The summed E-state index contributed by atoms with van der Waals surface area (Å²) in [7, 11) is -3.35. The molecule has 0 aromatic carbocycles. The number of rotatable bonds is 5. The molecule has 1 N–H and O–H groups in total. The van der Waals surface area contributed by atoms with Gasteiger partial charge >= 0.3 is 0 Å². The van der Waals surface area contributed by atoms with Crippen molar-refractivity contribution >= 4 is 21.4 Å². The van der Waals surface area contributed by atoms with Crippen molar-refractivity contribution in [2.75, 3.05) is 13.1 Å². The molecule has 0 bridgehead atoms. The molecule has 1 aliphatic rings. The van der Waals surface area contributed by atoms with Gasteiger partial charge < -0.3 is 5.32 Å². The van der Waals surface area contributed by atoms with Crippen molar-refractivity contribution in [2.45, 2.75) is 51.1 Å². The lowest BCUT2D eigenvalue weighted by atomic mass is 9.95. The Bertz CT molecular complexity index is 539. The van der Waals surface area contributed by atoms with E-state index < -0.39 is 10.0 Å². The molecule has 0 radical (unpaired) electrons. The van der Waals surface area contributed by atoms with Crippen LogP contribution in [0.3, 0.4) is 0 Å². The van der Waals surface area contributed by atoms with Crippen molar-refractivity contribution in [1.82, 2.24) is 9.62 Å². The fraction of sp³-hybridized carbons (Fsp3) is 0.714. The van der Waals surface area contributed by atoms with Crippen molar-refractivity contribution in [3.8, 4) is 0 Å². The third-order valence-electron chi connectivity index (χ3n) is 3.90. The van der Waals surface area contributed by atoms with Gasteiger partial charge in [0.2, 0.25) is 10.0 Å². The Kier molecular flexibility index (Phi) is 5.23. The van der Waals surface area contributed by atoms with Crippen LogP contribution in [0.5, 0.6) is 0 Å². The SMILES string of the molecule is CCNCc1sccc1S(=O)(=O)N1CCC(C)CC1C. The smallest absolute Gasteiger partial charge is 0.244 e. The third-order valence-corrected chi connectivity index (χ3v) is 7.05. The van der Waals surface area contributed by atoms with Gasteiger partial charge in [0.05, 0.1) is 4.90 Å². The van der Waals surface area contributed by atoms with Gasteiger partial charge in [-0.2, -0.15) is 4.31 Å². The fourth-order valence-corrected chi connectivity index (χ4v) is 5.84.